The molecule has 0 radical (unpaired) electrons. The molecule has 5 nitrogen and oxygen atoms in total. The van der Waals surface area contributed by atoms with Gasteiger partial charge in [-0.3, -0.25) is 9.59 Å². The summed E-state index contributed by atoms with van der Waals surface area (Å²) in [4.78, 5) is 25.9. The van der Waals surface area contributed by atoms with Gasteiger partial charge in [-0.15, -0.1) is 11.8 Å². The summed E-state index contributed by atoms with van der Waals surface area (Å²) in [6.07, 6.45) is 0. The molecule has 0 bridgehead atoms. The molecular weight excluding hydrogens is 420 g/mol. The zero-order valence-corrected chi connectivity index (χ0v) is 18.1. The first kappa shape index (κ1) is 21.7. The minimum Gasteiger partial charge on any atom is -0.497 e. The van der Waals surface area contributed by atoms with Crippen LogP contribution in [0.1, 0.15) is 15.9 Å². The third-order valence-electron chi connectivity index (χ3n) is 4.28. The van der Waals surface area contributed by atoms with Gasteiger partial charge in [0.25, 0.3) is 5.91 Å². The van der Waals surface area contributed by atoms with E-state index in [-0.39, 0.29) is 17.6 Å². The quantitative estimate of drug-likeness (QED) is 0.466. The lowest BCUT2D eigenvalue weighted by atomic mass is 10.1. The van der Waals surface area contributed by atoms with Crippen molar-refractivity contribution in [1.29, 1.82) is 0 Å². The van der Waals surface area contributed by atoms with Crippen LogP contribution in [0.4, 0.5) is 11.4 Å². The summed E-state index contributed by atoms with van der Waals surface area (Å²) >= 11 is 7.29. The second kappa shape index (κ2) is 10.2. The Hall–Kier alpha value is -2.96. The molecule has 2 amide bonds. The zero-order valence-electron chi connectivity index (χ0n) is 16.6. The number of amides is 2. The molecule has 0 aromatic heterocycles. The number of aryl methyl sites for hydroxylation is 1. The molecule has 30 heavy (non-hydrogen) atoms. The molecule has 3 aromatic rings. The van der Waals surface area contributed by atoms with E-state index >= 15 is 0 Å². The van der Waals surface area contributed by atoms with Crippen molar-refractivity contribution < 1.29 is 14.3 Å². The van der Waals surface area contributed by atoms with Crippen molar-refractivity contribution in [1.82, 2.24) is 0 Å². The van der Waals surface area contributed by atoms with Gasteiger partial charge in [-0.1, -0.05) is 29.8 Å². The van der Waals surface area contributed by atoms with E-state index in [0.29, 0.717) is 27.7 Å². The summed E-state index contributed by atoms with van der Waals surface area (Å²) in [5.41, 5.74) is 2.73. The van der Waals surface area contributed by atoms with Crippen LogP contribution < -0.4 is 15.4 Å². The number of hydrogen-bond donors (Lipinski definition) is 2. The molecule has 0 aliphatic rings. The Labute approximate surface area is 184 Å². The normalized spacial score (nSPS) is 10.4. The summed E-state index contributed by atoms with van der Waals surface area (Å²) < 4.78 is 5.16. The molecule has 154 valence electrons. The monoisotopic (exact) mass is 440 g/mol. The maximum absolute atomic E-state index is 12.8. The molecule has 0 atom stereocenters. The number of carbonyl (C=O) groups excluding carboxylic acids is 2. The Balaban J connectivity index is 1.65. The second-order valence-electron chi connectivity index (χ2n) is 6.48. The third-order valence-corrected chi connectivity index (χ3v) is 5.59. The molecule has 3 rings (SSSR count). The predicted octanol–water partition coefficient (Wildman–Crippen LogP) is 5.64. The van der Waals surface area contributed by atoms with Crippen LogP contribution in [0.3, 0.4) is 0 Å². The van der Waals surface area contributed by atoms with Crippen LogP contribution in [-0.2, 0) is 4.79 Å². The van der Waals surface area contributed by atoms with Crippen molar-refractivity contribution in [2.24, 2.45) is 0 Å². The zero-order chi connectivity index (χ0) is 21.5. The van der Waals surface area contributed by atoms with E-state index in [9.17, 15) is 9.59 Å². The first-order valence-corrected chi connectivity index (χ1v) is 10.6. The summed E-state index contributed by atoms with van der Waals surface area (Å²) in [7, 11) is 1.57. The smallest absolute Gasteiger partial charge is 0.256 e. The van der Waals surface area contributed by atoms with Crippen LogP contribution in [0, 0.1) is 6.92 Å². The topological polar surface area (TPSA) is 67.4 Å². The number of benzene rings is 3. The fourth-order valence-corrected chi connectivity index (χ4v) is 3.85. The molecule has 2 N–H and O–H groups in total. The number of carbonyl (C=O) groups is 2. The lowest BCUT2D eigenvalue weighted by Gasteiger charge is -2.12. The molecule has 3 aromatic carbocycles. The number of rotatable bonds is 7. The van der Waals surface area contributed by atoms with Crippen LogP contribution >= 0.6 is 23.4 Å². The molecule has 0 aliphatic heterocycles. The van der Waals surface area contributed by atoms with Gasteiger partial charge in [-0.2, -0.15) is 0 Å². The van der Waals surface area contributed by atoms with E-state index in [0.717, 1.165) is 10.5 Å². The van der Waals surface area contributed by atoms with E-state index in [1.807, 2.05) is 25.1 Å². The van der Waals surface area contributed by atoms with E-state index in [1.54, 1.807) is 55.6 Å². The van der Waals surface area contributed by atoms with Crippen LogP contribution in [0.5, 0.6) is 5.75 Å². The number of ether oxygens (including phenoxy) is 1. The highest BCUT2D eigenvalue weighted by Gasteiger charge is 2.14. The van der Waals surface area contributed by atoms with Gasteiger partial charge < -0.3 is 15.4 Å². The van der Waals surface area contributed by atoms with Crippen molar-refractivity contribution >= 4 is 46.6 Å². The van der Waals surface area contributed by atoms with Crippen molar-refractivity contribution in [3.05, 3.63) is 82.9 Å². The van der Waals surface area contributed by atoms with Gasteiger partial charge in [0.2, 0.25) is 5.91 Å². The van der Waals surface area contributed by atoms with Crippen LogP contribution in [0.15, 0.2) is 71.6 Å². The number of anilines is 2. The SMILES string of the molecule is COc1cccc(NC(=O)CSc2ccccc2C(=O)Nc2ccc(Cl)cc2C)c1. The maximum Gasteiger partial charge on any atom is 0.256 e. The van der Waals surface area contributed by atoms with Crippen molar-refractivity contribution in [2.75, 3.05) is 23.5 Å². The van der Waals surface area contributed by atoms with Crippen LogP contribution in [-0.4, -0.2) is 24.7 Å². The molecule has 0 saturated carbocycles. The Morgan fingerprint density at radius 3 is 2.57 bits per heavy atom. The molecule has 7 heteroatoms. The molecule has 0 unspecified atom stereocenters. The van der Waals surface area contributed by atoms with E-state index in [2.05, 4.69) is 10.6 Å². The van der Waals surface area contributed by atoms with Gasteiger partial charge >= 0.3 is 0 Å². The summed E-state index contributed by atoms with van der Waals surface area (Å²) in [5, 5.41) is 6.36. The van der Waals surface area contributed by atoms with Gasteiger partial charge in [-0.05, 0) is 55.0 Å². The Bertz CT molecular complexity index is 1070. The highest BCUT2D eigenvalue weighted by Crippen LogP contribution is 2.26. The summed E-state index contributed by atoms with van der Waals surface area (Å²) in [5.74, 6) is 0.426. The Morgan fingerprint density at radius 2 is 1.80 bits per heavy atom. The molecule has 0 fully saturated rings. The number of halogens is 1. The largest absolute Gasteiger partial charge is 0.497 e. The molecule has 0 spiro atoms. The molecule has 0 aliphatic carbocycles. The number of thioether (sulfide) groups is 1. The number of methoxy groups -OCH3 is 1. The number of hydrogen-bond acceptors (Lipinski definition) is 4. The predicted molar refractivity (Wildman–Crippen MR) is 123 cm³/mol. The van der Waals surface area contributed by atoms with Gasteiger partial charge in [0.1, 0.15) is 5.75 Å². The first-order valence-electron chi connectivity index (χ1n) is 9.19. The summed E-state index contributed by atoms with van der Waals surface area (Å²) in [6.45, 7) is 1.88. The van der Waals surface area contributed by atoms with Crippen molar-refractivity contribution in [2.45, 2.75) is 11.8 Å². The van der Waals surface area contributed by atoms with E-state index in [4.69, 9.17) is 16.3 Å². The van der Waals surface area contributed by atoms with Crippen molar-refractivity contribution in [3.8, 4) is 5.75 Å². The fourth-order valence-electron chi connectivity index (χ4n) is 2.78. The van der Waals surface area contributed by atoms with Gasteiger partial charge in [0.15, 0.2) is 0 Å². The van der Waals surface area contributed by atoms with E-state index in [1.165, 1.54) is 11.8 Å². The standard InChI is InChI=1S/C23H21ClN2O3S/c1-15-12-16(24)10-11-20(15)26-23(28)19-8-3-4-9-21(19)30-14-22(27)25-17-6-5-7-18(13-17)29-2/h3-13H,14H2,1-2H3,(H,25,27)(H,26,28). The van der Waals surface area contributed by atoms with Gasteiger partial charge in [0, 0.05) is 27.4 Å². The highest BCUT2D eigenvalue weighted by molar-refractivity contribution is 8.00. The summed E-state index contributed by atoms with van der Waals surface area (Å²) in [6, 6.07) is 19.6. The minimum atomic E-state index is -0.239. The van der Waals surface area contributed by atoms with Gasteiger partial charge in [0.05, 0.1) is 18.4 Å². The number of nitrogens with one attached hydrogen (secondary N) is 2. The van der Waals surface area contributed by atoms with Crippen LogP contribution in [0.2, 0.25) is 5.02 Å². The van der Waals surface area contributed by atoms with Gasteiger partial charge in [-0.25, -0.2) is 0 Å². The average Bonchev–Trinajstić information content (AvgIpc) is 2.74. The Morgan fingerprint density at radius 1 is 1.00 bits per heavy atom. The molecular formula is C23H21ClN2O3S. The lowest BCUT2D eigenvalue weighted by molar-refractivity contribution is -0.113. The highest BCUT2D eigenvalue weighted by atomic mass is 35.5. The average molecular weight is 441 g/mol. The lowest BCUT2D eigenvalue weighted by Crippen LogP contribution is -2.16. The third kappa shape index (κ3) is 5.78. The van der Waals surface area contributed by atoms with Crippen LogP contribution in [0.25, 0.3) is 0 Å². The first-order chi connectivity index (χ1) is 14.5. The van der Waals surface area contributed by atoms with Crippen molar-refractivity contribution in [3.63, 3.8) is 0 Å². The molecule has 0 saturated heterocycles. The molecule has 0 heterocycles. The minimum absolute atomic E-state index is 0.168. The van der Waals surface area contributed by atoms with E-state index < -0.39 is 0 Å². The maximum atomic E-state index is 12.8. The fraction of sp³-hybridized carbons (Fsp3) is 0.130. The second-order valence-corrected chi connectivity index (χ2v) is 7.93. The Kier molecular flexibility index (Phi) is 7.38.